The van der Waals surface area contributed by atoms with Crippen LogP contribution in [0.2, 0.25) is 0 Å². The van der Waals surface area contributed by atoms with Gasteiger partial charge in [0.1, 0.15) is 11.6 Å². The molecule has 1 aromatic heterocycles. The molecule has 0 radical (unpaired) electrons. The highest BCUT2D eigenvalue weighted by atomic mass is 19.1. The molecule has 6 heteroatoms. The molecule has 0 saturated carbocycles. The summed E-state index contributed by atoms with van der Waals surface area (Å²) in [5.74, 6) is -0.273. The number of ketones is 1. The molecule has 2 aliphatic heterocycles. The quantitative estimate of drug-likeness (QED) is 0.526. The van der Waals surface area contributed by atoms with E-state index in [0.29, 0.717) is 37.9 Å². The average Bonchev–Trinajstić information content (AvgIpc) is 3.44. The SMILES string of the molecule is CC1=C(c2ccccc2)C(CC(=O)C2CCN(C(=O)Cc3ccccc3F)CC2)n2cncc21. The van der Waals surface area contributed by atoms with Gasteiger partial charge in [-0.15, -0.1) is 0 Å². The number of benzene rings is 2. The number of carbonyl (C=O) groups is 2. The first kappa shape index (κ1) is 22.3. The van der Waals surface area contributed by atoms with E-state index in [0.717, 1.165) is 16.8 Å². The molecule has 1 fully saturated rings. The molecular formula is C28H28FN3O2. The van der Waals surface area contributed by atoms with Gasteiger partial charge < -0.3 is 9.47 Å². The van der Waals surface area contributed by atoms with Crippen LogP contribution in [-0.2, 0) is 16.0 Å². The third kappa shape index (κ3) is 4.20. The first-order chi connectivity index (χ1) is 16.5. The number of halogens is 1. The van der Waals surface area contributed by atoms with Crippen molar-refractivity contribution in [3.63, 3.8) is 0 Å². The van der Waals surface area contributed by atoms with Gasteiger partial charge in [0.25, 0.3) is 0 Å². The molecule has 1 amide bonds. The van der Waals surface area contributed by atoms with Crippen LogP contribution in [0.25, 0.3) is 11.1 Å². The first-order valence-electron chi connectivity index (χ1n) is 11.8. The van der Waals surface area contributed by atoms with Gasteiger partial charge in [-0.2, -0.15) is 0 Å². The molecule has 2 aliphatic rings. The Morgan fingerprint density at radius 3 is 2.47 bits per heavy atom. The summed E-state index contributed by atoms with van der Waals surface area (Å²) >= 11 is 0. The Labute approximate surface area is 198 Å². The number of Topliss-reactive ketones (excluding diaryl/α,β-unsaturated/α-hetero) is 1. The number of rotatable bonds is 6. The molecule has 1 atom stereocenters. The van der Waals surface area contributed by atoms with Crippen molar-refractivity contribution in [2.75, 3.05) is 13.1 Å². The zero-order valence-corrected chi connectivity index (χ0v) is 19.3. The number of amides is 1. The summed E-state index contributed by atoms with van der Waals surface area (Å²) < 4.78 is 16.0. The lowest BCUT2D eigenvalue weighted by Crippen LogP contribution is -2.41. The van der Waals surface area contributed by atoms with Crippen LogP contribution < -0.4 is 0 Å². The summed E-state index contributed by atoms with van der Waals surface area (Å²) in [7, 11) is 0. The summed E-state index contributed by atoms with van der Waals surface area (Å²) in [6.07, 6.45) is 5.45. The van der Waals surface area contributed by atoms with Gasteiger partial charge in [-0.3, -0.25) is 9.59 Å². The standard InChI is InChI=1S/C28H28FN3O2/c1-19-25-17-30-18-32(25)24(28(19)21-7-3-2-4-8-21)16-26(33)20-11-13-31(14-12-20)27(34)15-22-9-5-6-10-23(22)29/h2-10,17-18,20,24H,11-16H2,1H3. The molecule has 0 N–H and O–H groups in total. The van der Waals surface area contributed by atoms with E-state index in [1.165, 1.54) is 11.6 Å². The predicted molar refractivity (Wildman–Crippen MR) is 129 cm³/mol. The monoisotopic (exact) mass is 457 g/mol. The highest BCUT2D eigenvalue weighted by Crippen LogP contribution is 2.44. The second-order valence-electron chi connectivity index (χ2n) is 9.20. The molecule has 2 aromatic carbocycles. The van der Waals surface area contributed by atoms with E-state index in [2.05, 4.69) is 28.6 Å². The van der Waals surface area contributed by atoms with E-state index in [9.17, 15) is 14.0 Å². The molecule has 1 saturated heterocycles. The number of allylic oxidation sites excluding steroid dienone is 2. The van der Waals surface area contributed by atoms with Gasteiger partial charge in [0.15, 0.2) is 0 Å². The van der Waals surface area contributed by atoms with Gasteiger partial charge in [0.2, 0.25) is 5.91 Å². The lowest BCUT2D eigenvalue weighted by Gasteiger charge is -2.32. The Morgan fingerprint density at radius 1 is 1.03 bits per heavy atom. The van der Waals surface area contributed by atoms with Gasteiger partial charge in [0, 0.05) is 25.4 Å². The smallest absolute Gasteiger partial charge is 0.227 e. The van der Waals surface area contributed by atoms with E-state index in [1.54, 1.807) is 23.1 Å². The number of hydrogen-bond acceptors (Lipinski definition) is 3. The maximum Gasteiger partial charge on any atom is 0.227 e. The summed E-state index contributed by atoms with van der Waals surface area (Å²) in [4.78, 5) is 32.1. The fourth-order valence-corrected chi connectivity index (χ4v) is 5.32. The van der Waals surface area contributed by atoms with Gasteiger partial charge >= 0.3 is 0 Å². The normalized spacial score (nSPS) is 18.3. The Balaban J connectivity index is 1.24. The van der Waals surface area contributed by atoms with Crippen molar-refractivity contribution in [2.24, 2.45) is 5.92 Å². The molecule has 5 rings (SSSR count). The first-order valence-corrected chi connectivity index (χ1v) is 11.8. The van der Waals surface area contributed by atoms with Gasteiger partial charge in [-0.25, -0.2) is 9.37 Å². The molecule has 5 nitrogen and oxygen atoms in total. The van der Waals surface area contributed by atoms with Gasteiger partial charge in [-0.1, -0.05) is 48.5 Å². The minimum Gasteiger partial charge on any atom is -0.342 e. The molecule has 174 valence electrons. The number of nitrogens with zero attached hydrogens (tertiary/aromatic N) is 3. The van der Waals surface area contributed by atoms with Crippen LogP contribution in [0.1, 0.15) is 49.0 Å². The fourth-order valence-electron chi connectivity index (χ4n) is 5.32. The van der Waals surface area contributed by atoms with Crippen molar-refractivity contribution < 1.29 is 14.0 Å². The summed E-state index contributed by atoms with van der Waals surface area (Å²) in [6.45, 7) is 3.16. The lowest BCUT2D eigenvalue weighted by atomic mass is 9.86. The van der Waals surface area contributed by atoms with Crippen LogP contribution in [0.15, 0.2) is 67.1 Å². The Bertz CT molecular complexity index is 1240. The fraction of sp³-hybridized carbons (Fsp3) is 0.321. The average molecular weight is 458 g/mol. The maximum atomic E-state index is 13.9. The maximum absolute atomic E-state index is 13.9. The number of piperidine rings is 1. The highest BCUT2D eigenvalue weighted by molar-refractivity contribution is 5.96. The largest absolute Gasteiger partial charge is 0.342 e. The molecule has 0 aliphatic carbocycles. The number of carbonyl (C=O) groups excluding carboxylic acids is 2. The molecular weight excluding hydrogens is 429 g/mol. The molecule has 1 unspecified atom stereocenters. The number of likely N-dealkylation sites (tertiary alicyclic amines) is 1. The summed E-state index contributed by atoms with van der Waals surface area (Å²) in [6, 6.07) is 16.6. The Kier molecular flexibility index (Phi) is 6.14. The third-order valence-corrected chi connectivity index (χ3v) is 7.21. The molecule has 3 aromatic rings. The number of hydrogen-bond donors (Lipinski definition) is 0. The van der Waals surface area contributed by atoms with E-state index >= 15 is 0 Å². The van der Waals surface area contributed by atoms with Crippen molar-refractivity contribution >= 4 is 22.8 Å². The van der Waals surface area contributed by atoms with Crippen molar-refractivity contribution in [3.05, 3.63) is 89.8 Å². The van der Waals surface area contributed by atoms with Crippen LogP contribution >= 0.6 is 0 Å². The van der Waals surface area contributed by atoms with Crippen LogP contribution in [0.5, 0.6) is 0 Å². The zero-order chi connectivity index (χ0) is 23.7. The van der Waals surface area contributed by atoms with Crippen molar-refractivity contribution in [1.29, 1.82) is 0 Å². The number of fused-ring (bicyclic) bond motifs is 1. The van der Waals surface area contributed by atoms with Crippen LogP contribution in [0.3, 0.4) is 0 Å². The van der Waals surface area contributed by atoms with E-state index < -0.39 is 0 Å². The second-order valence-corrected chi connectivity index (χ2v) is 9.20. The van der Waals surface area contributed by atoms with Gasteiger partial charge in [-0.05, 0) is 48.1 Å². The Hall–Kier alpha value is -3.54. The molecule has 3 heterocycles. The van der Waals surface area contributed by atoms with E-state index in [-0.39, 0.29) is 35.9 Å². The van der Waals surface area contributed by atoms with Crippen molar-refractivity contribution in [2.45, 2.75) is 38.6 Å². The predicted octanol–water partition coefficient (Wildman–Crippen LogP) is 4.95. The highest BCUT2D eigenvalue weighted by Gasteiger charge is 2.34. The van der Waals surface area contributed by atoms with Crippen LogP contribution in [0, 0.1) is 11.7 Å². The minimum atomic E-state index is -0.353. The summed E-state index contributed by atoms with van der Waals surface area (Å²) in [5, 5.41) is 0. The van der Waals surface area contributed by atoms with E-state index in [1.807, 2.05) is 30.7 Å². The summed E-state index contributed by atoms with van der Waals surface area (Å²) in [5.41, 5.74) is 4.96. The van der Waals surface area contributed by atoms with Crippen molar-refractivity contribution in [3.8, 4) is 0 Å². The second kappa shape index (κ2) is 9.37. The number of imidazole rings is 1. The topological polar surface area (TPSA) is 55.2 Å². The van der Waals surface area contributed by atoms with E-state index in [4.69, 9.17) is 0 Å². The lowest BCUT2D eigenvalue weighted by molar-refractivity contribution is -0.134. The van der Waals surface area contributed by atoms with Crippen LogP contribution in [0.4, 0.5) is 4.39 Å². The molecule has 0 spiro atoms. The zero-order valence-electron chi connectivity index (χ0n) is 19.3. The Morgan fingerprint density at radius 2 is 1.74 bits per heavy atom. The molecule has 34 heavy (non-hydrogen) atoms. The molecule has 0 bridgehead atoms. The van der Waals surface area contributed by atoms with Gasteiger partial charge in [0.05, 0.1) is 30.7 Å². The third-order valence-electron chi connectivity index (χ3n) is 7.21. The minimum absolute atomic E-state index is 0.0568. The van der Waals surface area contributed by atoms with Crippen molar-refractivity contribution in [1.82, 2.24) is 14.5 Å². The van der Waals surface area contributed by atoms with Crippen LogP contribution in [-0.4, -0.2) is 39.2 Å². The number of aromatic nitrogens is 2.